The van der Waals surface area contributed by atoms with Crippen LogP contribution in [0.5, 0.6) is 5.75 Å². The summed E-state index contributed by atoms with van der Waals surface area (Å²) in [6.45, 7) is 0.963. The number of esters is 1. The summed E-state index contributed by atoms with van der Waals surface area (Å²) in [5, 5.41) is 0.542. The molecule has 1 heterocycles. The fourth-order valence-electron chi connectivity index (χ4n) is 2.59. The lowest BCUT2D eigenvalue weighted by Gasteiger charge is -2.11. The summed E-state index contributed by atoms with van der Waals surface area (Å²) < 4.78 is 16.2. The Morgan fingerprint density at radius 1 is 1.04 bits per heavy atom. The van der Waals surface area contributed by atoms with Gasteiger partial charge < -0.3 is 14.2 Å². The SMILES string of the molecule is O=C(COC(=O)c1ccc(OC[C@@H]2CCCO2)cc1)c1ccc(Cl)cc1. The van der Waals surface area contributed by atoms with Gasteiger partial charge in [-0.2, -0.15) is 0 Å². The molecular formula is C20H19ClO5. The van der Waals surface area contributed by atoms with E-state index in [1.54, 1.807) is 48.5 Å². The van der Waals surface area contributed by atoms with Crippen molar-refractivity contribution in [2.45, 2.75) is 18.9 Å². The van der Waals surface area contributed by atoms with Crippen molar-refractivity contribution >= 4 is 23.4 Å². The third-order valence-electron chi connectivity index (χ3n) is 4.05. The third kappa shape index (κ3) is 5.07. The second-order valence-corrected chi connectivity index (χ2v) is 6.41. The zero-order valence-corrected chi connectivity index (χ0v) is 14.9. The quantitative estimate of drug-likeness (QED) is 0.542. The van der Waals surface area contributed by atoms with Gasteiger partial charge in [-0.1, -0.05) is 11.6 Å². The normalized spacial score (nSPS) is 16.3. The number of ether oxygens (including phenoxy) is 3. The molecule has 3 rings (SSSR count). The predicted octanol–water partition coefficient (Wildman–Crippen LogP) is 3.94. The Balaban J connectivity index is 1.48. The third-order valence-corrected chi connectivity index (χ3v) is 4.30. The zero-order valence-electron chi connectivity index (χ0n) is 14.2. The number of carbonyl (C=O) groups excluding carboxylic acids is 2. The Hall–Kier alpha value is -2.37. The topological polar surface area (TPSA) is 61.8 Å². The first-order valence-electron chi connectivity index (χ1n) is 8.42. The Kier molecular flexibility index (Phi) is 6.26. The van der Waals surface area contributed by atoms with E-state index in [1.807, 2.05) is 0 Å². The largest absolute Gasteiger partial charge is 0.491 e. The van der Waals surface area contributed by atoms with Gasteiger partial charge in [0.2, 0.25) is 0 Å². The van der Waals surface area contributed by atoms with Gasteiger partial charge in [0.1, 0.15) is 12.4 Å². The van der Waals surface area contributed by atoms with E-state index in [1.165, 1.54) is 0 Å². The average molecular weight is 375 g/mol. The molecule has 5 nitrogen and oxygen atoms in total. The van der Waals surface area contributed by atoms with E-state index >= 15 is 0 Å². The Bertz CT molecular complexity index is 749. The summed E-state index contributed by atoms with van der Waals surface area (Å²) in [5.41, 5.74) is 0.804. The van der Waals surface area contributed by atoms with E-state index in [2.05, 4.69) is 0 Å². The molecule has 0 aliphatic carbocycles. The molecule has 26 heavy (non-hydrogen) atoms. The van der Waals surface area contributed by atoms with Crippen molar-refractivity contribution in [2.24, 2.45) is 0 Å². The minimum atomic E-state index is -0.557. The molecule has 6 heteroatoms. The monoisotopic (exact) mass is 374 g/mol. The van der Waals surface area contributed by atoms with Crippen LogP contribution in [0, 0.1) is 0 Å². The van der Waals surface area contributed by atoms with E-state index < -0.39 is 5.97 Å². The minimum absolute atomic E-state index is 0.138. The van der Waals surface area contributed by atoms with Crippen molar-refractivity contribution in [3.63, 3.8) is 0 Å². The van der Waals surface area contributed by atoms with Crippen LogP contribution in [0.15, 0.2) is 48.5 Å². The maximum absolute atomic E-state index is 12.1. The number of rotatable bonds is 7. The van der Waals surface area contributed by atoms with Gasteiger partial charge in [0.05, 0.1) is 11.7 Å². The second-order valence-electron chi connectivity index (χ2n) is 5.98. The van der Waals surface area contributed by atoms with Crippen LogP contribution >= 0.6 is 11.6 Å². The molecular weight excluding hydrogens is 356 g/mol. The number of hydrogen-bond acceptors (Lipinski definition) is 5. The van der Waals surface area contributed by atoms with Crippen molar-refractivity contribution in [1.29, 1.82) is 0 Å². The van der Waals surface area contributed by atoms with Gasteiger partial charge in [-0.3, -0.25) is 4.79 Å². The Labute approximate surface area is 156 Å². The van der Waals surface area contributed by atoms with Gasteiger partial charge in [-0.05, 0) is 61.4 Å². The zero-order chi connectivity index (χ0) is 18.4. The molecule has 0 aromatic heterocycles. The van der Waals surface area contributed by atoms with Gasteiger partial charge in [0.15, 0.2) is 12.4 Å². The summed E-state index contributed by atoms with van der Waals surface area (Å²) in [5.74, 6) is -0.182. The van der Waals surface area contributed by atoms with Gasteiger partial charge >= 0.3 is 5.97 Å². The molecule has 0 N–H and O–H groups in total. The molecule has 2 aromatic carbocycles. The molecule has 0 bridgehead atoms. The minimum Gasteiger partial charge on any atom is -0.491 e. The molecule has 0 amide bonds. The number of ketones is 1. The van der Waals surface area contributed by atoms with Crippen LogP contribution in [0.25, 0.3) is 0 Å². The van der Waals surface area contributed by atoms with Gasteiger partial charge in [-0.15, -0.1) is 0 Å². The summed E-state index contributed by atoms with van der Waals surface area (Å²) in [6.07, 6.45) is 2.21. The fraction of sp³-hybridized carbons (Fsp3) is 0.300. The summed E-state index contributed by atoms with van der Waals surface area (Å²) >= 11 is 5.78. The van der Waals surface area contributed by atoms with Gasteiger partial charge in [0, 0.05) is 17.2 Å². The summed E-state index contributed by atoms with van der Waals surface area (Å²) in [7, 11) is 0. The molecule has 2 aromatic rings. The van der Waals surface area contributed by atoms with E-state index in [4.69, 9.17) is 25.8 Å². The summed E-state index contributed by atoms with van der Waals surface area (Å²) in [4.78, 5) is 24.1. The number of carbonyl (C=O) groups is 2. The lowest BCUT2D eigenvalue weighted by Crippen LogP contribution is -2.16. The molecule has 0 unspecified atom stereocenters. The molecule has 1 fully saturated rings. The first kappa shape index (κ1) is 18.4. The number of halogens is 1. The lowest BCUT2D eigenvalue weighted by atomic mass is 10.1. The van der Waals surface area contributed by atoms with E-state index in [9.17, 15) is 9.59 Å². The number of Topliss-reactive ketones (excluding diaryl/α,β-unsaturated/α-hetero) is 1. The highest BCUT2D eigenvalue weighted by molar-refractivity contribution is 6.30. The smallest absolute Gasteiger partial charge is 0.338 e. The van der Waals surface area contributed by atoms with Crippen LogP contribution in [0.2, 0.25) is 5.02 Å². The lowest BCUT2D eigenvalue weighted by molar-refractivity contribution is 0.0474. The molecule has 0 radical (unpaired) electrons. The number of benzene rings is 2. The van der Waals surface area contributed by atoms with Crippen LogP contribution in [0.1, 0.15) is 33.6 Å². The van der Waals surface area contributed by atoms with Crippen LogP contribution in [0.3, 0.4) is 0 Å². The maximum Gasteiger partial charge on any atom is 0.338 e. The Morgan fingerprint density at radius 2 is 1.73 bits per heavy atom. The van der Waals surface area contributed by atoms with Crippen molar-refractivity contribution in [3.8, 4) is 5.75 Å². The molecule has 1 saturated heterocycles. The highest BCUT2D eigenvalue weighted by Gasteiger charge is 2.16. The van der Waals surface area contributed by atoms with E-state index in [-0.39, 0.29) is 18.5 Å². The van der Waals surface area contributed by atoms with Crippen LogP contribution in [-0.2, 0) is 9.47 Å². The van der Waals surface area contributed by atoms with Gasteiger partial charge in [-0.25, -0.2) is 4.79 Å². The molecule has 1 atom stereocenters. The molecule has 136 valence electrons. The summed E-state index contributed by atoms with van der Waals surface area (Å²) in [6, 6.07) is 13.0. The second kappa shape index (κ2) is 8.83. The van der Waals surface area contributed by atoms with Crippen molar-refractivity contribution in [2.75, 3.05) is 19.8 Å². The average Bonchev–Trinajstić information content (AvgIpc) is 3.19. The van der Waals surface area contributed by atoms with Crippen molar-refractivity contribution in [1.82, 2.24) is 0 Å². The van der Waals surface area contributed by atoms with Gasteiger partial charge in [0.25, 0.3) is 0 Å². The van der Waals surface area contributed by atoms with Crippen molar-refractivity contribution < 1.29 is 23.8 Å². The standard InChI is InChI=1S/C20H19ClO5/c21-16-7-3-14(4-8-16)19(22)13-26-20(23)15-5-9-17(10-6-15)25-12-18-2-1-11-24-18/h3-10,18H,1-2,11-13H2/t18-/m0/s1. The van der Waals surface area contributed by atoms with Crippen molar-refractivity contribution in [3.05, 3.63) is 64.7 Å². The first-order chi connectivity index (χ1) is 12.6. The molecule has 1 aliphatic heterocycles. The first-order valence-corrected chi connectivity index (χ1v) is 8.80. The van der Waals surface area contributed by atoms with Crippen LogP contribution < -0.4 is 4.74 Å². The van der Waals surface area contributed by atoms with Crippen LogP contribution in [0.4, 0.5) is 0 Å². The number of hydrogen-bond donors (Lipinski definition) is 0. The highest BCUT2D eigenvalue weighted by atomic mass is 35.5. The van der Waals surface area contributed by atoms with Crippen LogP contribution in [-0.4, -0.2) is 37.7 Å². The predicted molar refractivity (Wildman–Crippen MR) is 97.0 cm³/mol. The molecule has 0 spiro atoms. The highest BCUT2D eigenvalue weighted by Crippen LogP contribution is 2.17. The Morgan fingerprint density at radius 3 is 2.38 bits per heavy atom. The van der Waals surface area contributed by atoms with E-state index in [0.717, 1.165) is 19.4 Å². The molecule has 0 saturated carbocycles. The van der Waals surface area contributed by atoms with E-state index in [0.29, 0.717) is 28.5 Å². The fourth-order valence-corrected chi connectivity index (χ4v) is 2.71. The maximum atomic E-state index is 12.1. The molecule has 1 aliphatic rings.